The molecule has 2 aliphatic heterocycles. The number of thioether (sulfide) groups is 1. The fourth-order valence-corrected chi connectivity index (χ4v) is 4.15. The van der Waals surface area contributed by atoms with E-state index in [4.69, 9.17) is 11.3 Å². The quantitative estimate of drug-likeness (QED) is 0.183. The van der Waals surface area contributed by atoms with Crippen molar-refractivity contribution in [3.63, 3.8) is 0 Å². The Kier molecular flexibility index (Phi) is 4.03. The lowest BCUT2D eigenvalue weighted by Crippen LogP contribution is -2.69. The molecular weight excluding hydrogens is 370 g/mol. The SMILES string of the molecule is [N-]=[N+]=NC1(Br)C(=O)N2C(C(=O)O)=C(COC(N)=O)CS[C@H]21. The third-order valence-corrected chi connectivity index (χ3v) is 5.47. The highest BCUT2D eigenvalue weighted by molar-refractivity contribution is 9.10. The second kappa shape index (κ2) is 5.47. The van der Waals surface area contributed by atoms with Crippen molar-refractivity contribution in [2.75, 3.05) is 12.4 Å². The fraction of sp³-hybridized carbons (Fsp3) is 0.444. The maximum absolute atomic E-state index is 12.1. The van der Waals surface area contributed by atoms with Crippen LogP contribution in [0.5, 0.6) is 0 Å². The van der Waals surface area contributed by atoms with Gasteiger partial charge in [0.15, 0.2) is 0 Å². The van der Waals surface area contributed by atoms with Crippen molar-refractivity contribution in [3.05, 3.63) is 21.7 Å². The smallest absolute Gasteiger partial charge is 0.404 e. The molecule has 12 heteroatoms. The lowest BCUT2D eigenvalue weighted by molar-refractivity contribution is -0.149. The number of nitrogens with two attached hydrogens (primary N) is 1. The summed E-state index contributed by atoms with van der Waals surface area (Å²) in [5.41, 5.74) is 13.3. The van der Waals surface area contributed by atoms with Crippen molar-refractivity contribution in [1.29, 1.82) is 0 Å². The first kappa shape index (κ1) is 15.5. The average Bonchev–Trinajstić information content (AvgIpc) is 2.43. The van der Waals surface area contributed by atoms with Gasteiger partial charge < -0.3 is 15.6 Å². The zero-order chi connectivity index (χ0) is 15.8. The molecule has 0 saturated carbocycles. The van der Waals surface area contributed by atoms with E-state index >= 15 is 0 Å². The number of alkyl halides is 1. The van der Waals surface area contributed by atoms with E-state index in [0.717, 1.165) is 4.90 Å². The predicted molar refractivity (Wildman–Crippen MR) is 74.1 cm³/mol. The monoisotopic (exact) mass is 377 g/mol. The van der Waals surface area contributed by atoms with Crippen LogP contribution in [0.25, 0.3) is 10.4 Å². The lowest BCUT2D eigenvalue weighted by Gasteiger charge is -2.52. The number of carboxylic acid groups (broad SMARTS) is 1. The number of primary amides is 1. The number of amides is 2. The minimum Gasteiger partial charge on any atom is -0.477 e. The van der Waals surface area contributed by atoms with Gasteiger partial charge in [-0.2, -0.15) is 0 Å². The number of nitrogens with zero attached hydrogens (tertiary/aromatic N) is 4. The molecule has 10 nitrogen and oxygen atoms in total. The van der Waals surface area contributed by atoms with Crippen molar-refractivity contribution in [2.24, 2.45) is 10.8 Å². The minimum absolute atomic E-state index is 0.192. The van der Waals surface area contributed by atoms with Gasteiger partial charge in [0.2, 0.25) is 4.45 Å². The molecule has 0 aromatic heterocycles. The van der Waals surface area contributed by atoms with Crippen molar-refractivity contribution in [1.82, 2.24) is 4.90 Å². The highest BCUT2D eigenvalue weighted by Crippen LogP contribution is 2.51. The summed E-state index contributed by atoms with van der Waals surface area (Å²) in [5.74, 6) is -1.84. The summed E-state index contributed by atoms with van der Waals surface area (Å²) in [7, 11) is 0. The van der Waals surface area contributed by atoms with Crippen LogP contribution in [-0.4, -0.2) is 50.2 Å². The second-order valence-electron chi connectivity index (χ2n) is 4.07. The van der Waals surface area contributed by atoms with Gasteiger partial charge in [0.05, 0.1) is 0 Å². The van der Waals surface area contributed by atoms with Gasteiger partial charge in [-0.25, -0.2) is 9.59 Å². The molecule has 2 amide bonds. The number of β-lactam (4-membered cyclic amide) rings is 1. The molecule has 1 fully saturated rings. The van der Waals surface area contributed by atoms with Gasteiger partial charge in [0.1, 0.15) is 17.7 Å². The van der Waals surface area contributed by atoms with E-state index < -0.39 is 27.8 Å². The Morgan fingerprint density at radius 2 is 2.38 bits per heavy atom. The number of hydrogen-bond donors (Lipinski definition) is 2. The van der Waals surface area contributed by atoms with E-state index in [1.807, 2.05) is 0 Å². The van der Waals surface area contributed by atoms with Crippen LogP contribution in [0.15, 0.2) is 16.4 Å². The van der Waals surface area contributed by atoms with Crippen LogP contribution in [0.3, 0.4) is 0 Å². The van der Waals surface area contributed by atoms with Gasteiger partial charge in [-0.3, -0.25) is 9.69 Å². The first-order chi connectivity index (χ1) is 9.82. The summed E-state index contributed by atoms with van der Waals surface area (Å²) in [5, 5.41) is 12.0. The molecule has 2 atom stereocenters. The number of fused-ring (bicyclic) bond motifs is 1. The number of carboxylic acids is 1. The Balaban J connectivity index is 2.35. The Morgan fingerprint density at radius 1 is 1.71 bits per heavy atom. The second-order valence-corrected chi connectivity index (χ2v) is 6.34. The minimum atomic E-state index is -1.50. The molecule has 2 heterocycles. The molecule has 0 bridgehead atoms. The first-order valence-corrected chi connectivity index (χ1v) is 7.25. The van der Waals surface area contributed by atoms with Gasteiger partial charge in [-0.1, -0.05) is 21.0 Å². The van der Waals surface area contributed by atoms with Crippen molar-refractivity contribution >= 4 is 45.7 Å². The zero-order valence-corrected chi connectivity index (χ0v) is 12.6. The van der Waals surface area contributed by atoms with Crippen LogP contribution < -0.4 is 5.73 Å². The van der Waals surface area contributed by atoms with Crippen LogP contribution in [0.1, 0.15) is 0 Å². The third-order valence-electron chi connectivity index (χ3n) is 2.85. The Labute approximate surface area is 130 Å². The summed E-state index contributed by atoms with van der Waals surface area (Å²) in [4.78, 5) is 37.6. The van der Waals surface area contributed by atoms with Crippen LogP contribution in [0, 0.1) is 0 Å². The number of carbonyl (C=O) groups is 3. The number of ether oxygens (including phenoxy) is 1. The highest BCUT2D eigenvalue weighted by Gasteiger charge is 2.63. The molecule has 0 aromatic carbocycles. The number of rotatable bonds is 4. The standard InChI is InChI=1S/C9H8BrN5O5S/c10-9(13-14-12)6(18)15-4(5(16)17)3(1-20-8(11)19)2-21-7(9)15/h7H,1-2H2,(H2,11,19)(H,16,17)/t7-,9?/m0/s1. The van der Waals surface area contributed by atoms with Crippen LogP contribution in [-0.2, 0) is 14.3 Å². The topological polar surface area (TPSA) is 159 Å². The van der Waals surface area contributed by atoms with Gasteiger partial charge in [0, 0.05) is 16.2 Å². The number of azide groups is 1. The summed E-state index contributed by atoms with van der Waals surface area (Å²) in [6.07, 6.45) is -1.04. The normalized spacial score (nSPS) is 27.4. The van der Waals surface area contributed by atoms with E-state index in [-0.39, 0.29) is 23.6 Å². The van der Waals surface area contributed by atoms with Gasteiger partial charge in [-0.15, -0.1) is 11.8 Å². The van der Waals surface area contributed by atoms with E-state index in [1.165, 1.54) is 11.8 Å². The average molecular weight is 378 g/mol. The Morgan fingerprint density at radius 3 is 2.90 bits per heavy atom. The predicted octanol–water partition coefficient (Wildman–Crippen LogP) is 0.737. The van der Waals surface area contributed by atoms with Crippen LogP contribution >= 0.6 is 27.7 Å². The van der Waals surface area contributed by atoms with Crippen LogP contribution in [0.4, 0.5) is 4.79 Å². The molecule has 1 saturated heterocycles. The fourth-order valence-electron chi connectivity index (χ4n) is 1.99. The molecule has 21 heavy (non-hydrogen) atoms. The molecule has 2 rings (SSSR count). The first-order valence-electron chi connectivity index (χ1n) is 5.41. The molecule has 0 spiro atoms. The van der Waals surface area contributed by atoms with Crippen molar-refractivity contribution < 1.29 is 24.2 Å². The summed E-state index contributed by atoms with van der Waals surface area (Å²) in [6, 6.07) is 0. The van der Waals surface area contributed by atoms with Crippen molar-refractivity contribution in [2.45, 2.75) is 9.82 Å². The molecule has 0 radical (unpaired) electrons. The van der Waals surface area contributed by atoms with E-state index in [9.17, 15) is 19.5 Å². The molecule has 1 unspecified atom stereocenters. The van der Waals surface area contributed by atoms with Gasteiger partial charge >= 0.3 is 12.1 Å². The molecule has 112 valence electrons. The zero-order valence-electron chi connectivity index (χ0n) is 10.2. The van der Waals surface area contributed by atoms with E-state index in [0.29, 0.717) is 0 Å². The number of halogens is 1. The summed E-state index contributed by atoms with van der Waals surface area (Å²) >= 11 is 4.23. The summed E-state index contributed by atoms with van der Waals surface area (Å²) in [6.45, 7) is -0.322. The number of hydrogen-bond acceptors (Lipinski definition) is 6. The maximum Gasteiger partial charge on any atom is 0.404 e. The maximum atomic E-state index is 12.1. The summed E-state index contributed by atoms with van der Waals surface area (Å²) < 4.78 is 3.08. The highest BCUT2D eigenvalue weighted by atomic mass is 79.9. The molecule has 2 aliphatic rings. The van der Waals surface area contributed by atoms with Crippen LogP contribution in [0.2, 0.25) is 0 Å². The van der Waals surface area contributed by atoms with E-state index in [1.54, 1.807) is 0 Å². The third kappa shape index (κ3) is 2.41. The number of aliphatic carboxylic acids is 1. The molecule has 3 N–H and O–H groups in total. The van der Waals surface area contributed by atoms with Gasteiger partial charge in [0.25, 0.3) is 5.91 Å². The van der Waals surface area contributed by atoms with E-state index in [2.05, 4.69) is 30.7 Å². The lowest BCUT2D eigenvalue weighted by atomic mass is 10.0. The van der Waals surface area contributed by atoms with Crippen molar-refractivity contribution in [3.8, 4) is 0 Å². The Hall–Kier alpha value is -1.91. The van der Waals surface area contributed by atoms with Gasteiger partial charge in [-0.05, 0) is 5.53 Å². The largest absolute Gasteiger partial charge is 0.477 e. The Bertz CT molecular complexity index is 618. The molecule has 0 aromatic rings. The molecular formula is C9H8BrN5O5S. The number of carbonyl (C=O) groups excluding carboxylic acids is 2. The molecule has 0 aliphatic carbocycles.